The number of halogens is 3. The molecule has 0 aromatic heterocycles. The Morgan fingerprint density at radius 2 is 1.86 bits per heavy atom. The van der Waals surface area contributed by atoms with Crippen molar-refractivity contribution < 1.29 is 23.4 Å². The van der Waals surface area contributed by atoms with E-state index in [1.807, 2.05) is 13.8 Å². The molecule has 0 bridgehead atoms. The topological polar surface area (TPSA) is 41.9 Å². The highest BCUT2D eigenvalue weighted by Crippen LogP contribution is 2.26. The molecule has 1 heterocycles. The average molecular weight is 380 g/mol. The lowest BCUT2D eigenvalue weighted by atomic mass is 10.2. The van der Waals surface area contributed by atoms with Crippen molar-refractivity contribution in [3.8, 4) is 5.75 Å². The number of rotatable bonds is 5. The van der Waals surface area contributed by atoms with Crippen LogP contribution in [0.1, 0.15) is 13.8 Å². The SMILES string of the molecule is C[C@@H]1CN(C[C@@H](O)COc2c(F)cc(Br)cc2F)C[C@@H](C)O1. The standard InChI is InChI=1S/C15H20BrF2NO3/c1-9-5-19(6-10(2)22-9)7-12(20)8-21-15-13(17)3-11(16)4-14(15)18/h3-4,9-10,12,20H,5-8H2,1-2H3/t9-,10-,12-/m1/s1. The van der Waals surface area contributed by atoms with Crippen LogP contribution < -0.4 is 4.74 Å². The lowest BCUT2D eigenvalue weighted by molar-refractivity contribution is -0.0787. The Bertz CT molecular complexity index is 485. The maximum atomic E-state index is 13.6. The summed E-state index contributed by atoms with van der Waals surface area (Å²) in [7, 11) is 0. The summed E-state index contributed by atoms with van der Waals surface area (Å²) in [5, 5.41) is 10.0. The summed E-state index contributed by atoms with van der Waals surface area (Å²) in [6.45, 7) is 5.56. The van der Waals surface area contributed by atoms with E-state index in [1.54, 1.807) is 0 Å². The van der Waals surface area contributed by atoms with E-state index in [-0.39, 0.29) is 18.8 Å². The molecule has 1 aliphatic heterocycles. The van der Waals surface area contributed by atoms with Crippen LogP contribution in [0.15, 0.2) is 16.6 Å². The van der Waals surface area contributed by atoms with Crippen molar-refractivity contribution in [1.82, 2.24) is 4.90 Å². The highest BCUT2D eigenvalue weighted by Gasteiger charge is 2.24. The zero-order valence-electron chi connectivity index (χ0n) is 12.6. The summed E-state index contributed by atoms with van der Waals surface area (Å²) >= 11 is 3.00. The van der Waals surface area contributed by atoms with Crippen molar-refractivity contribution in [3.05, 3.63) is 28.2 Å². The fraction of sp³-hybridized carbons (Fsp3) is 0.600. The van der Waals surface area contributed by atoms with Gasteiger partial charge in [-0.15, -0.1) is 0 Å². The van der Waals surface area contributed by atoms with Crippen LogP contribution in [0, 0.1) is 11.6 Å². The molecule has 1 N–H and O–H groups in total. The van der Waals surface area contributed by atoms with Gasteiger partial charge in [-0.3, -0.25) is 4.90 Å². The van der Waals surface area contributed by atoms with Crippen LogP contribution >= 0.6 is 15.9 Å². The molecule has 0 amide bonds. The van der Waals surface area contributed by atoms with Crippen LogP contribution in [0.4, 0.5) is 8.78 Å². The van der Waals surface area contributed by atoms with Gasteiger partial charge in [0, 0.05) is 24.1 Å². The highest BCUT2D eigenvalue weighted by atomic mass is 79.9. The predicted octanol–water partition coefficient (Wildman–Crippen LogP) is 2.58. The van der Waals surface area contributed by atoms with Crippen molar-refractivity contribution in [1.29, 1.82) is 0 Å². The van der Waals surface area contributed by atoms with Crippen molar-refractivity contribution in [2.75, 3.05) is 26.2 Å². The second kappa shape index (κ2) is 7.68. The van der Waals surface area contributed by atoms with Gasteiger partial charge in [-0.1, -0.05) is 15.9 Å². The van der Waals surface area contributed by atoms with Gasteiger partial charge >= 0.3 is 0 Å². The third kappa shape index (κ3) is 4.87. The first kappa shape index (κ1) is 17.6. The fourth-order valence-electron chi connectivity index (χ4n) is 2.63. The molecular weight excluding hydrogens is 360 g/mol. The molecule has 1 aromatic rings. The number of aliphatic hydroxyl groups excluding tert-OH is 1. The normalized spacial score (nSPS) is 24.3. The molecule has 0 radical (unpaired) electrons. The van der Waals surface area contributed by atoms with E-state index in [2.05, 4.69) is 20.8 Å². The molecule has 7 heteroatoms. The summed E-state index contributed by atoms with van der Waals surface area (Å²) in [5.41, 5.74) is 0. The Morgan fingerprint density at radius 1 is 1.32 bits per heavy atom. The number of hydrogen-bond donors (Lipinski definition) is 1. The van der Waals surface area contributed by atoms with Gasteiger partial charge in [-0.25, -0.2) is 8.78 Å². The smallest absolute Gasteiger partial charge is 0.190 e. The Morgan fingerprint density at radius 3 is 2.41 bits per heavy atom. The minimum atomic E-state index is -0.833. The van der Waals surface area contributed by atoms with E-state index >= 15 is 0 Å². The van der Waals surface area contributed by atoms with Gasteiger partial charge in [-0.05, 0) is 26.0 Å². The number of benzene rings is 1. The van der Waals surface area contributed by atoms with Gasteiger partial charge in [0.05, 0.1) is 12.2 Å². The average Bonchev–Trinajstić information content (AvgIpc) is 2.35. The monoisotopic (exact) mass is 379 g/mol. The second-order valence-electron chi connectivity index (χ2n) is 5.64. The van der Waals surface area contributed by atoms with E-state index < -0.39 is 23.5 Å². The zero-order valence-corrected chi connectivity index (χ0v) is 14.1. The quantitative estimate of drug-likeness (QED) is 0.853. The molecule has 4 nitrogen and oxygen atoms in total. The molecule has 0 spiro atoms. The Balaban J connectivity index is 1.86. The second-order valence-corrected chi connectivity index (χ2v) is 6.55. The van der Waals surface area contributed by atoms with Crippen LogP contribution in [0.5, 0.6) is 5.75 Å². The van der Waals surface area contributed by atoms with E-state index in [4.69, 9.17) is 9.47 Å². The summed E-state index contributed by atoms with van der Waals surface area (Å²) in [6.07, 6.45) is -0.642. The number of ether oxygens (including phenoxy) is 2. The Hall–Kier alpha value is -0.760. The summed E-state index contributed by atoms with van der Waals surface area (Å²) in [5.74, 6) is -2.06. The lowest BCUT2D eigenvalue weighted by Crippen LogP contribution is -2.48. The highest BCUT2D eigenvalue weighted by molar-refractivity contribution is 9.10. The molecular formula is C15H20BrF2NO3. The number of morpholine rings is 1. The molecule has 22 heavy (non-hydrogen) atoms. The molecule has 0 unspecified atom stereocenters. The summed E-state index contributed by atoms with van der Waals surface area (Å²) < 4.78 is 38.2. The predicted molar refractivity (Wildman–Crippen MR) is 82.0 cm³/mol. The zero-order chi connectivity index (χ0) is 16.3. The maximum Gasteiger partial charge on any atom is 0.190 e. The molecule has 1 fully saturated rings. The van der Waals surface area contributed by atoms with Crippen LogP contribution in [-0.2, 0) is 4.74 Å². The van der Waals surface area contributed by atoms with Crippen molar-refractivity contribution >= 4 is 15.9 Å². The van der Waals surface area contributed by atoms with Crippen LogP contribution in [-0.4, -0.2) is 54.6 Å². The third-order valence-corrected chi connectivity index (χ3v) is 3.81. The molecule has 3 atom stereocenters. The van der Waals surface area contributed by atoms with Crippen molar-refractivity contribution in [3.63, 3.8) is 0 Å². The minimum absolute atomic E-state index is 0.0956. The maximum absolute atomic E-state index is 13.6. The molecule has 0 saturated carbocycles. The van der Waals surface area contributed by atoms with Crippen molar-refractivity contribution in [2.45, 2.75) is 32.2 Å². The number of aliphatic hydroxyl groups is 1. The van der Waals surface area contributed by atoms with E-state index in [9.17, 15) is 13.9 Å². The van der Waals surface area contributed by atoms with Gasteiger partial charge in [0.15, 0.2) is 17.4 Å². The van der Waals surface area contributed by atoms with Gasteiger partial charge in [0.2, 0.25) is 0 Å². The Labute approximate surface area is 137 Å². The molecule has 1 aromatic carbocycles. The minimum Gasteiger partial charge on any atom is -0.485 e. The number of hydrogen-bond acceptors (Lipinski definition) is 4. The Kier molecular flexibility index (Phi) is 6.14. The lowest BCUT2D eigenvalue weighted by Gasteiger charge is -2.36. The molecule has 0 aliphatic carbocycles. The van der Waals surface area contributed by atoms with E-state index in [0.717, 1.165) is 12.1 Å². The largest absolute Gasteiger partial charge is 0.485 e. The summed E-state index contributed by atoms with van der Waals surface area (Å²) in [6, 6.07) is 2.24. The van der Waals surface area contributed by atoms with Crippen LogP contribution in [0.2, 0.25) is 0 Å². The number of nitrogens with zero attached hydrogens (tertiary/aromatic N) is 1. The molecule has 2 rings (SSSR count). The van der Waals surface area contributed by atoms with Gasteiger partial charge in [-0.2, -0.15) is 0 Å². The molecule has 1 saturated heterocycles. The first-order chi connectivity index (χ1) is 10.3. The van der Waals surface area contributed by atoms with Crippen LogP contribution in [0.3, 0.4) is 0 Å². The van der Waals surface area contributed by atoms with Gasteiger partial charge in [0.25, 0.3) is 0 Å². The fourth-order valence-corrected chi connectivity index (χ4v) is 3.03. The first-order valence-electron chi connectivity index (χ1n) is 7.18. The van der Waals surface area contributed by atoms with Crippen molar-refractivity contribution in [2.24, 2.45) is 0 Å². The first-order valence-corrected chi connectivity index (χ1v) is 7.97. The third-order valence-electron chi connectivity index (χ3n) is 3.35. The van der Waals surface area contributed by atoms with E-state index in [0.29, 0.717) is 24.1 Å². The van der Waals surface area contributed by atoms with Crippen LogP contribution in [0.25, 0.3) is 0 Å². The molecule has 1 aliphatic rings. The van der Waals surface area contributed by atoms with Gasteiger partial charge in [0.1, 0.15) is 12.7 Å². The number of β-amino-alcohol motifs (C(OH)–C–C–N with tert-alkyl or cyclic N) is 1. The molecule has 124 valence electrons. The van der Waals surface area contributed by atoms with E-state index in [1.165, 1.54) is 0 Å². The van der Waals surface area contributed by atoms with Gasteiger partial charge < -0.3 is 14.6 Å². The summed E-state index contributed by atoms with van der Waals surface area (Å²) in [4.78, 5) is 2.06.